The number of carbonyl (C=O) groups is 1. The summed E-state index contributed by atoms with van der Waals surface area (Å²) in [6.07, 6.45) is 0. The van der Waals surface area contributed by atoms with Crippen LogP contribution in [0.5, 0.6) is 0 Å². The van der Waals surface area contributed by atoms with Crippen molar-refractivity contribution in [2.75, 3.05) is 0 Å². The van der Waals surface area contributed by atoms with Gasteiger partial charge in [-0.15, -0.1) is 0 Å². The molecular formula is C4H8NOY-. The standard InChI is InChI=1S/C4H8NO.Y/c1-3-5-4(2)6;/h3H,1-2H3,(H,5,6);/q-1;. The minimum atomic E-state index is -0.0162. The van der Waals surface area contributed by atoms with Gasteiger partial charge in [-0.2, -0.15) is 6.92 Å². The first kappa shape index (κ1) is 10.5. The Morgan fingerprint density at radius 2 is 2.14 bits per heavy atom. The van der Waals surface area contributed by atoms with Crippen LogP contribution in [0.15, 0.2) is 0 Å². The second-order valence-corrected chi connectivity index (χ2v) is 0.989. The Morgan fingerprint density at radius 3 is 2.14 bits per heavy atom. The fraction of sp³-hybridized carbons (Fsp3) is 0.500. The largest absolute Gasteiger partial charge is 0.506 e. The van der Waals surface area contributed by atoms with Gasteiger partial charge < -0.3 is 5.32 Å². The van der Waals surface area contributed by atoms with Gasteiger partial charge in [0.1, 0.15) is 0 Å². The van der Waals surface area contributed by atoms with Crippen molar-refractivity contribution in [3.05, 3.63) is 6.54 Å². The molecular weight excluding hydrogens is 167 g/mol. The molecule has 0 unspecified atom stereocenters. The molecule has 1 amide bonds. The number of rotatable bonds is 1. The van der Waals surface area contributed by atoms with E-state index in [1.807, 2.05) is 0 Å². The smallest absolute Gasteiger partial charge is 0.187 e. The molecule has 0 fully saturated rings. The zero-order valence-electron chi connectivity index (χ0n) is 4.56. The van der Waals surface area contributed by atoms with Crippen LogP contribution in [0.1, 0.15) is 13.8 Å². The van der Waals surface area contributed by atoms with Crippen LogP contribution in [0.2, 0.25) is 0 Å². The van der Waals surface area contributed by atoms with Crippen molar-refractivity contribution in [2.24, 2.45) is 0 Å². The second kappa shape index (κ2) is 6.57. The minimum Gasteiger partial charge on any atom is -0.506 e. The maximum Gasteiger partial charge on any atom is 0.187 e. The topological polar surface area (TPSA) is 29.1 Å². The third kappa shape index (κ3) is 10.8. The molecule has 0 rings (SSSR count). The van der Waals surface area contributed by atoms with Gasteiger partial charge in [0.15, 0.2) is 5.91 Å². The van der Waals surface area contributed by atoms with Gasteiger partial charge in [-0.1, -0.05) is 0 Å². The SMILES string of the molecule is C[CH-]NC(C)=O.[Y]. The van der Waals surface area contributed by atoms with Crippen molar-refractivity contribution in [3.63, 3.8) is 0 Å². The fourth-order valence-electron chi connectivity index (χ4n) is 0.203. The first-order valence-corrected chi connectivity index (χ1v) is 1.82. The van der Waals surface area contributed by atoms with Crippen molar-refractivity contribution >= 4 is 5.91 Å². The minimum absolute atomic E-state index is 0. The van der Waals surface area contributed by atoms with E-state index >= 15 is 0 Å². The van der Waals surface area contributed by atoms with Gasteiger partial charge >= 0.3 is 0 Å². The number of hydrogen-bond acceptors (Lipinski definition) is 1. The molecule has 0 aromatic heterocycles. The monoisotopic (exact) mass is 175 g/mol. The molecule has 0 aliphatic carbocycles. The number of nitrogens with one attached hydrogen (secondary N) is 1. The van der Waals surface area contributed by atoms with Crippen LogP contribution in [0.4, 0.5) is 0 Å². The molecule has 2 nitrogen and oxygen atoms in total. The van der Waals surface area contributed by atoms with Crippen LogP contribution < -0.4 is 5.32 Å². The average Bonchev–Trinajstić information content (AvgIpc) is 1.35. The maximum absolute atomic E-state index is 9.90. The fourth-order valence-corrected chi connectivity index (χ4v) is 0.203. The molecule has 0 saturated carbocycles. The van der Waals surface area contributed by atoms with Gasteiger partial charge in [0.25, 0.3) is 0 Å². The molecule has 3 heteroatoms. The molecule has 0 aromatic rings. The van der Waals surface area contributed by atoms with E-state index in [9.17, 15) is 4.79 Å². The molecule has 1 N–H and O–H groups in total. The Labute approximate surface area is 68.9 Å². The van der Waals surface area contributed by atoms with E-state index in [0.717, 1.165) is 0 Å². The Morgan fingerprint density at radius 1 is 1.71 bits per heavy atom. The van der Waals surface area contributed by atoms with Gasteiger partial charge in [0, 0.05) is 39.6 Å². The summed E-state index contributed by atoms with van der Waals surface area (Å²) >= 11 is 0. The Kier molecular flexibility index (Phi) is 9.89. The summed E-state index contributed by atoms with van der Waals surface area (Å²) in [6.45, 7) is 4.84. The zero-order valence-corrected chi connectivity index (χ0v) is 7.40. The van der Waals surface area contributed by atoms with E-state index in [1.165, 1.54) is 6.92 Å². The average molecular weight is 175 g/mol. The summed E-state index contributed by atoms with van der Waals surface area (Å²) in [5.74, 6) is -0.0162. The van der Waals surface area contributed by atoms with Crippen molar-refractivity contribution in [1.29, 1.82) is 0 Å². The van der Waals surface area contributed by atoms with E-state index in [2.05, 4.69) is 5.32 Å². The van der Waals surface area contributed by atoms with Crippen molar-refractivity contribution in [3.8, 4) is 0 Å². The molecule has 0 aliphatic heterocycles. The molecule has 0 bridgehead atoms. The molecule has 7 heavy (non-hydrogen) atoms. The van der Waals surface area contributed by atoms with Crippen LogP contribution in [0, 0.1) is 6.54 Å². The third-order valence-corrected chi connectivity index (χ3v) is 0.348. The van der Waals surface area contributed by atoms with Crippen LogP contribution in [-0.2, 0) is 37.5 Å². The number of amides is 1. The van der Waals surface area contributed by atoms with Crippen LogP contribution in [-0.4, -0.2) is 5.91 Å². The summed E-state index contributed by atoms with van der Waals surface area (Å²) in [5, 5.41) is 2.44. The van der Waals surface area contributed by atoms with Crippen molar-refractivity contribution < 1.29 is 37.5 Å². The van der Waals surface area contributed by atoms with Crippen LogP contribution in [0.25, 0.3) is 0 Å². The predicted molar refractivity (Wildman–Crippen MR) is 23.8 cm³/mol. The van der Waals surface area contributed by atoms with E-state index in [1.54, 1.807) is 13.5 Å². The Hall–Kier alpha value is 0.574. The molecule has 0 heterocycles. The third-order valence-electron chi connectivity index (χ3n) is 0.348. The normalized spacial score (nSPS) is 6.57. The molecule has 0 saturated heterocycles. The molecule has 1 radical (unpaired) electrons. The van der Waals surface area contributed by atoms with Crippen LogP contribution in [0.3, 0.4) is 0 Å². The Balaban J connectivity index is 0. The van der Waals surface area contributed by atoms with Gasteiger partial charge in [-0.25, -0.2) is 6.54 Å². The van der Waals surface area contributed by atoms with E-state index in [-0.39, 0.29) is 38.6 Å². The van der Waals surface area contributed by atoms with Crippen molar-refractivity contribution in [1.82, 2.24) is 5.32 Å². The molecule has 0 aliphatic rings. The van der Waals surface area contributed by atoms with Gasteiger partial charge in [-0.05, 0) is 0 Å². The van der Waals surface area contributed by atoms with Gasteiger partial charge in [-0.3, -0.25) is 4.79 Å². The molecule has 39 valence electrons. The van der Waals surface area contributed by atoms with Crippen molar-refractivity contribution in [2.45, 2.75) is 13.8 Å². The first-order valence-electron chi connectivity index (χ1n) is 1.82. The molecule has 0 atom stereocenters. The quantitative estimate of drug-likeness (QED) is 0.570. The summed E-state index contributed by atoms with van der Waals surface area (Å²) in [5.41, 5.74) is 0. The number of hydrogen-bond donors (Lipinski definition) is 1. The summed E-state index contributed by atoms with van der Waals surface area (Å²) < 4.78 is 0. The second-order valence-electron chi connectivity index (χ2n) is 0.989. The Bertz CT molecular complexity index is 55.7. The van der Waals surface area contributed by atoms with Crippen LogP contribution >= 0.6 is 0 Å². The van der Waals surface area contributed by atoms with Gasteiger partial charge in [0.05, 0.1) is 0 Å². The first-order chi connectivity index (χ1) is 2.77. The van der Waals surface area contributed by atoms with E-state index < -0.39 is 0 Å². The molecule has 0 spiro atoms. The van der Waals surface area contributed by atoms with E-state index in [4.69, 9.17) is 0 Å². The molecule has 0 aromatic carbocycles. The summed E-state index contributed by atoms with van der Waals surface area (Å²) in [4.78, 5) is 9.90. The van der Waals surface area contributed by atoms with Gasteiger partial charge in [0.2, 0.25) is 0 Å². The maximum atomic E-state index is 9.90. The summed E-state index contributed by atoms with van der Waals surface area (Å²) in [6, 6.07) is 0. The number of carbonyl (C=O) groups excluding carboxylic acids is 1. The zero-order chi connectivity index (χ0) is 4.99. The predicted octanol–water partition coefficient (Wildman–Crippen LogP) is 0.302. The van der Waals surface area contributed by atoms with E-state index in [0.29, 0.717) is 0 Å². The summed E-state index contributed by atoms with van der Waals surface area (Å²) in [7, 11) is 0.